The SMILES string of the molecule is COC(=O)c1ccccc1NC(=O)C1CC1C(=O)NCc1ccccc1OC. The van der Waals surface area contributed by atoms with Gasteiger partial charge < -0.3 is 20.1 Å². The molecule has 0 saturated heterocycles. The van der Waals surface area contributed by atoms with Crippen LogP contribution in [0.2, 0.25) is 0 Å². The lowest BCUT2D eigenvalue weighted by Crippen LogP contribution is -2.27. The van der Waals surface area contributed by atoms with Crippen molar-refractivity contribution in [1.82, 2.24) is 5.32 Å². The lowest BCUT2D eigenvalue weighted by molar-refractivity contribution is -0.125. The standard InChI is InChI=1S/C21H22N2O5/c1-27-18-10-6-3-7-13(18)12-22-19(24)15-11-16(15)20(25)23-17-9-5-4-8-14(17)21(26)28-2/h3-10,15-16H,11-12H2,1-2H3,(H,22,24)(H,23,25). The van der Waals surface area contributed by atoms with Crippen molar-refractivity contribution in [2.45, 2.75) is 13.0 Å². The van der Waals surface area contributed by atoms with E-state index < -0.39 is 11.9 Å². The number of rotatable bonds is 7. The van der Waals surface area contributed by atoms with Gasteiger partial charge in [0.15, 0.2) is 0 Å². The number of methoxy groups -OCH3 is 2. The second-order valence-electron chi connectivity index (χ2n) is 6.50. The molecule has 2 amide bonds. The van der Waals surface area contributed by atoms with Crippen LogP contribution in [0, 0.1) is 11.8 Å². The topological polar surface area (TPSA) is 93.7 Å². The van der Waals surface area contributed by atoms with E-state index in [1.807, 2.05) is 24.3 Å². The number of carbonyl (C=O) groups is 3. The van der Waals surface area contributed by atoms with Crippen molar-refractivity contribution >= 4 is 23.5 Å². The quantitative estimate of drug-likeness (QED) is 0.717. The summed E-state index contributed by atoms with van der Waals surface area (Å²) in [7, 11) is 2.86. The molecule has 1 aliphatic rings. The first-order valence-corrected chi connectivity index (χ1v) is 8.93. The van der Waals surface area contributed by atoms with Crippen LogP contribution < -0.4 is 15.4 Å². The second kappa shape index (κ2) is 8.56. The number of ether oxygens (including phenoxy) is 2. The molecule has 2 atom stereocenters. The molecule has 1 aliphatic carbocycles. The molecule has 1 fully saturated rings. The number of anilines is 1. The summed E-state index contributed by atoms with van der Waals surface area (Å²) in [5, 5.41) is 5.57. The molecule has 2 unspecified atom stereocenters. The van der Waals surface area contributed by atoms with Gasteiger partial charge in [0.2, 0.25) is 11.8 Å². The average molecular weight is 382 g/mol. The first kappa shape index (κ1) is 19.4. The molecular weight excluding hydrogens is 360 g/mol. The molecule has 7 heteroatoms. The summed E-state index contributed by atoms with van der Waals surface area (Å²) in [6.07, 6.45) is 0.476. The zero-order valence-corrected chi connectivity index (χ0v) is 15.7. The normalized spacial score (nSPS) is 17.4. The first-order valence-electron chi connectivity index (χ1n) is 8.93. The second-order valence-corrected chi connectivity index (χ2v) is 6.50. The van der Waals surface area contributed by atoms with E-state index in [0.717, 1.165) is 5.56 Å². The minimum absolute atomic E-state index is 0.174. The monoisotopic (exact) mass is 382 g/mol. The van der Waals surface area contributed by atoms with Crippen LogP contribution in [0.15, 0.2) is 48.5 Å². The Morgan fingerprint density at radius 1 is 0.964 bits per heavy atom. The van der Waals surface area contributed by atoms with Crippen molar-refractivity contribution in [3.8, 4) is 5.75 Å². The molecule has 0 bridgehead atoms. The summed E-state index contributed by atoms with van der Waals surface area (Å²) in [4.78, 5) is 36.6. The number of amides is 2. The number of hydrogen-bond acceptors (Lipinski definition) is 5. The molecule has 2 aromatic carbocycles. The third-order valence-electron chi connectivity index (χ3n) is 4.70. The van der Waals surface area contributed by atoms with Crippen molar-refractivity contribution in [2.24, 2.45) is 11.8 Å². The molecule has 0 aliphatic heterocycles. The van der Waals surface area contributed by atoms with Crippen LogP contribution >= 0.6 is 0 Å². The van der Waals surface area contributed by atoms with Gasteiger partial charge in [-0.3, -0.25) is 9.59 Å². The molecule has 3 rings (SSSR count). The number of carbonyl (C=O) groups excluding carboxylic acids is 3. The van der Waals surface area contributed by atoms with Gasteiger partial charge in [0.25, 0.3) is 0 Å². The Labute approximate surface area is 163 Å². The van der Waals surface area contributed by atoms with E-state index in [1.165, 1.54) is 7.11 Å². The molecule has 0 heterocycles. The highest BCUT2D eigenvalue weighted by Crippen LogP contribution is 2.39. The molecule has 1 saturated carbocycles. The third-order valence-corrected chi connectivity index (χ3v) is 4.70. The van der Waals surface area contributed by atoms with Crippen molar-refractivity contribution in [3.63, 3.8) is 0 Å². The van der Waals surface area contributed by atoms with Gasteiger partial charge in [0.05, 0.1) is 37.3 Å². The number of nitrogens with one attached hydrogen (secondary N) is 2. The molecule has 146 valence electrons. The zero-order chi connectivity index (χ0) is 20.1. The van der Waals surface area contributed by atoms with Crippen LogP contribution in [0.3, 0.4) is 0 Å². The molecule has 2 aromatic rings. The maximum Gasteiger partial charge on any atom is 0.339 e. The Balaban J connectivity index is 1.56. The van der Waals surface area contributed by atoms with E-state index >= 15 is 0 Å². The average Bonchev–Trinajstić information content (AvgIpc) is 3.53. The highest BCUT2D eigenvalue weighted by atomic mass is 16.5. The molecule has 7 nitrogen and oxygen atoms in total. The minimum atomic E-state index is -0.530. The molecule has 28 heavy (non-hydrogen) atoms. The summed E-state index contributed by atoms with van der Waals surface area (Å²) in [6, 6.07) is 14.0. The highest BCUT2D eigenvalue weighted by molar-refractivity contribution is 6.04. The molecule has 0 radical (unpaired) electrons. The maximum atomic E-state index is 12.5. The van der Waals surface area contributed by atoms with Gasteiger partial charge in [-0.15, -0.1) is 0 Å². The fourth-order valence-electron chi connectivity index (χ4n) is 3.04. The number of hydrogen-bond donors (Lipinski definition) is 2. The highest BCUT2D eigenvalue weighted by Gasteiger charge is 2.48. The largest absolute Gasteiger partial charge is 0.496 e. The lowest BCUT2D eigenvalue weighted by Gasteiger charge is -2.10. The van der Waals surface area contributed by atoms with Gasteiger partial charge in [0.1, 0.15) is 5.75 Å². The van der Waals surface area contributed by atoms with Gasteiger partial charge in [0, 0.05) is 12.1 Å². The summed E-state index contributed by atoms with van der Waals surface area (Å²) >= 11 is 0. The van der Waals surface area contributed by atoms with Gasteiger partial charge in [-0.1, -0.05) is 30.3 Å². The summed E-state index contributed by atoms with van der Waals surface area (Å²) in [5.41, 5.74) is 1.52. The van der Waals surface area contributed by atoms with Crippen LogP contribution in [0.4, 0.5) is 5.69 Å². The minimum Gasteiger partial charge on any atom is -0.496 e. The van der Waals surface area contributed by atoms with E-state index in [-0.39, 0.29) is 23.3 Å². The lowest BCUT2D eigenvalue weighted by atomic mass is 10.1. The maximum absolute atomic E-state index is 12.5. The first-order chi connectivity index (χ1) is 13.5. The van der Waals surface area contributed by atoms with Gasteiger partial charge in [-0.25, -0.2) is 4.79 Å². The fraction of sp³-hybridized carbons (Fsp3) is 0.286. The fourth-order valence-corrected chi connectivity index (χ4v) is 3.04. The van der Waals surface area contributed by atoms with Crippen LogP contribution in [0.25, 0.3) is 0 Å². The third kappa shape index (κ3) is 4.31. The zero-order valence-electron chi connectivity index (χ0n) is 15.7. The van der Waals surface area contributed by atoms with Crippen molar-refractivity contribution < 1.29 is 23.9 Å². The van der Waals surface area contributed by atoms with Crippen LogP contribution in [-0.4, -0.2) is 32.0 Å². The van der Waals surface area contributed by atoms with Crippen LogP contribution in [0.1, 0.15) is 22.3 Å². The van der Waals surface area contributed by atoms with Crippen molar-refractivity contribution in [3.05, 3.63) is 59.7 Å². The predicted octanol–water partition coefficient (Wildman–Crippen LogP) is 2.37. The Bertz CT molecular complexity index is 896. The smallest absolute Gasteiger partial charge is 0.339 e. The van der Waals surface area contributed by atoms with Crippen molar-refractivity contribution in [2.75, 3.05) is 19.5 Å². The van der Waals surface area contributed by atoms with Crippen molar-refractivity contribution in [1.29, 1.82) is 0 Å². The Hall–Kier alpha value is -3.35. The Morgan fingerprint density at radius 2 is 1.64 bits per heavy atom. The van der Waals surface area contributed by atoms with Crippen LogP contribution in [-0.2, 0) is 20.9 Å². The Morgan fingerprint density at radius 3 is 2.39 bits per heavy atom. The van der Waals surface area contributed by atoms with E-state index in [0.29, 0.717) is 24.4 Å². The summed E-state index contributed by atoms with van der Waals surface area (Å²) < 4.78 is 9.99. The number of para-hydroxylation sites is 2. The van der Waals surface area contributed by atoms with Gasteiger partial charge in [-0.2, -0.15) is 0 Å². The van der Waals surface area contributed by atoms with E-state index in [2.05, 4.69) is 10.6 Å². The molecular formula is C21H22N2O5. The number of benzene rings is 2. The summed E-state index contributed by atoms with van der Waals surface area (Å²) in [6.45, 7) is 0.332. The van der Waals surface area contributed by atoms with Crippen LogP contribution in [0.5, 0.6) is 5.75 Å². The summed E-state index contributed by atoms with van der Waals surface area (Å²) in [5.74, 6) is -1.07. The predicted molar refractivity (Wildman–Crippen MR) is 103 cm³/mol. The Kier molecular flexibility index (Phi) is 5.93. The van der Waals surface area contributed by atoms with E-state index in [9.17, 15) is 14.4 Å². The number of esters is 1. The van der Waals surface area contributed by atoms with E-state index in [4.69, 9.17) is 9.47 Å². The molecule has 0 spiro atoms. The van der Waals surface area contributed by atoms with Gasteiger partial charge in [-0.05, 0) is 24.6 Å². The van der Waals surface area contributed by atoms with Gasteiger partial charge >= 0.3 is 5.97 Å². The molecule has 2 N–H and O–H groups in total. The van der Waals surface area contributed by atoms with E-state index in [1.54, 1.807) is 31.4 Å². The molecule has 0 aromatic heterocycles.